The van der Waals surface area contributed by atoms with E-state index in [-0.39, 0.29) is 24.0 Å². The summed E-state index contributed by atoms with van der Waals surface area (Å²) in [4.78, 5) is 22.4. The highest BCUT2D eigenvalue weighted by Crippen LogP contribution is 2.30. The molecule has 0 radical (unpaired) electrons. The molecule has 1 aromatic carbocycles. The van der Waals surface area contributed by atoms with Gasteiger partial charge in [-0.1, -0.05) is 35.0 Å². The predicted molar refractivity (Wildman–Crippen MR) is 79.0 cm³/mol. The molecule has 0 spiro atoms. The van der Waals surface area contributed by atoms with Gasteiger partial charge in [0.25, 0.3) is 0 Å². The number of hydrogen-bond acceptors (Lipinski definition) is 4. The van der Waals surface area contributed by atoms with Gasteiger partial charge in [0.1, 0.15) is 12.2 Å². The second-order valence-electron chi connectivity index (χ2n) is 4.76. The first-order valence-corrected chi connectivity index (χ1v) is 7.20. The van der Waals surface area contributed by atoms with Gasteiger partial charge in [0.15, 0.2) is 0 Å². The van der Waals surface area contributed by atoms with Crippen LogP contribution in [0.5, 0.6) is 0 Å². The van der Waals surface area contributed by atoms with Crippen LogP contribution in [0.4, 0.5) is 0 Å². The van der Waals surface area contributed by atoms with E-state index in [1.54, 1.807) is 6.92 Å². The summed E-state index contributed by atoms with van der Waals surface area (Å²) in [6.07, 6.45) is -0.796. The van der Waals surface area contributed by atoms with Crippen molar-refractivity contribution in [2.45, 2.75) is 39.9 Å². The second kappa shape index (κ2) is 7.43. The monoisotopic (exact) mass is 342 g/mol. The maximum atomic E-state index is 11.3. The number of halogens is 1. The molecule has 1 aromatic rings. The van der Waals surface area contributed by atoms with Gasteiger partial charge in [-0.05, 0) is 24.6 Å². The third kappa shape index (κ3) is 4.96. The summed E-state index contributed by atoms with van der Waals surface area (Å²) >= 11 is 3.37. The van der Waals surface area contributed by atoms with Crippen molar-refractivity contribution in [1.82, 2.24) is 0 Å². The van der Waals surface area contributed by atoms with Crippen molar-refractivity contribution in [1.29, 1.82) is 0 Å². The topological polar surface area (TPSA) is 52.6 Å². The fourth-order valence-corrected chi connectivity index (χ4v) is 2.19. The zero-order valence-corrected chi connectivity index (χ0v) is 13.6. The largest absolute Gasteiger partial charge is 0.462 e. The van der Waals surface area contributed by atoms with Gasteiger partial charge in [0.2, 0.25) is 0 Å². The van der Waals surface area contributed by atoms with Gasteiger partial charge in [0, 0.05) is 24.2 Å². The van der Waals surface area contributed by atoms with E-state index in [9.17, 15) is 9.59 Å². The molecule has 4 nitrogen and oxygen atoms in total. The van der Waals surface area contributed by atoms with Crippen LogP contribution in [0, 0.1) is 5.92 Å². The normalized spacial score (nSPS) is 15.1. The third-order valence-corrected chi connectivity index (χ3v) is 3.59. The van der Waals surface area contributed by atoms with Gasteiger partial charge >= 0.3 is 11.9 Å². The Balaban J connectivity index is 2.96. The fraction of sp³-hybridized carbons (Fsp3) is 0.467. The molecular weight excluding hydrogens is 324 g/mol. The zero-order chi connectivity index (χ0) is 15.3. The Morgan fingerprint density at radius 1 is 1.00 bits per heavy atom. The second-order valence-corrected chi connectivity index (χ2v) is 5.67. The van der Waals surface area contributed by atoms with E-state index >= 15 is 0 Å². The van der Waals surface area contributed by atoms with Gasteiger partial charge in [-0.3, -0.25) is 9.59 Å². The average Bonchev–Trinajstić information content (AvgIpc) is 2.35. The van der Waals surface area contributed by atoms with Gasteiger partial charge in [-0.25, -0.2) is 0 Å². The summed E-state index contributed by atoms with van der Waals surface area (Å²) < 4.78 is 11.5. The highest BCUT2D eigenvalue weighted by Gasteiger charge is 2.28. The number of rotatable bonds is 5. The minimum Gasteiger partial charge on any atom is -0.462 e. The van der Waals surface area contributed by atoms with Crippen LogP contribution in [-0.2, 0) is 19.1 Å². The molecule has 3 atom stereocenters. The van der Waals surface area contributed by atoms with Gasteiger partial charge < -0.3 is 9.47 Å². The van der Waals surface area contributed by atoms with Crippen LogP contribution < -0.4 is 0 Å². The molecule has 0 N–H and O–H groups in total. The molecule has 0 amide bonds. The Morgan fingerprint density at radius 2 is 1.50 bits per heavy atom. The number of carbonyl (C=O) groups is 2. The average molecular weight is 343 g/mol. The molecule has 0 aromatic heterocycles. The van der Waals surface area contributed by atoms with Crippen LogP contribution in [0.3, 0.4) is 0 Å². The predicted octanol–water partition coefficient (Wildman–Crippen LogP) is 3.64. The molecule has 0 saturated carbocycles. The lowest BCUT2D eigenvalue weighted by Crippen LogP contribution is -2.28. The van der Waals surface area contributed by atoms with Crippen LogP contribution in [0.2, 0.25) is 0 Å². The van der Waals surface area contributed by atoms with Crippen molar-refractivity contribution < 1.29 is 19.1 Å². The van der Waals surface area contributed by atoms with Crippen LogP contribution in [0.25, 0.3) is 0 Å². The van der Waals surface area contributed by atoms with Crippen LogP contribution in [0.1, 0.15) is 39.4 Å². The van der Waals surface area contributed by atoms with E-state index in [1.165, 1.54) is 13.8 Å². The summed E-state index contributed by atoms with van der Waals surface area (Å²) in [6.45, 7) is 6.42. The van der Waals surface area contributed by atoms with Crippen molar-refractivity contribution in [3.63, 3.8) is 0 Å². The molecule has 0 aliphatic heterocycles. The SMILES string of the molecule is CC(=O)OC(C)C(C)C(OC(C)=O)c1ccc(Br)cc1. The van der Waals surface area contributed by atoms with Gasteiger partial charge in [0.05, 0.1) is 0 Å². The molecule has 0 heterocycles. The number of hydrogen-bond donors (Lipinski definition) is 0. The van der Waals surface area contributed by atoms with Gasteiger partial charge in [-0.15, -0.1) is 0 Å². The van der Waals surface area contributed by atoms with Crippen molar-refractivity contribution in [2.24, 2.45) is 5.92 Å². The van der Waals surface area contributed by atoms with E-state index in [0.29, 0.717) is 0 Å². The molecule has 0 saturated heterocycles. The summed E-state index contributed by atoms with van der Waals surface area (Å²) in [6, 6.07) is 7.54. The summed E-state index contributed by atoms with van der Waals surface area (Å²) in [5, 5.41) is 0. The molecule has 20 heavy (non-hydrogen) atoms. The molecule has 0 fully saturated rings. The van der Waals surface area contributed by atoms with Crippen molar-refractivity contribution in [3.8, 4) is 0 Å². The van der Waals surface area contributed by atoms with Crippen LogP contribution >= 0.6 is 15.9 Å². The Bertz CT molecular complexity index is 469. The summed E-state index contributed by atoms with van der Waals surface area (Å²) in [7, 11) is 0. The molecular formula is C15H19BrO4. The van der Waals surface area contributed by atoms with E-state index in [4.69, 9.17) is 9.47 Å². The first kappa shape index (κ1) is 16.7. The number of carbonyl (C=O) groups excluding carboxylic acids is 2. The number of benzene rings is 1. The highest BCUT2D eigenvalue weighted by molar-refractivity contribution is 9.10. The summed E-state index contributed by atoms with van der Waals surface area (Å²) in [5.74, 6) is -0.856. The molecule has 1 rings (SSSR count). The molecule has 3 unspecified atom stereocenters. The fourth-order valence-electron chi connectivity index (χ4n) is 1.93. The standard InChI is InChI=1S/C15H19BrO4/c1-9(10(2)19-11(3)17)15(20-12(4)18)13-5-7-14(16)8-6-13/h5-10,15H,1-4H3. The summed E-state index contributed by atoms with van der Waals surface area (Å²) in [5.41, 5.74) is 0.870. The van der Waals surface area contributed by atoms with Crippen LogP contribution in [-0.4, -0.2) is 18.0 Å². The van der Waals surface area contributed by atoms with Crippen molar-refractivity contribution in [3.05, 3.63) is 34.3 Å². The Kier molecular flexibility index (Phi) is 6.20. The molecule has 110 valence electrons. The minimum atomic E-state index is -0.449. The minimum absolute atomic E-state index is 0.149. The highest BCUT2D eigenvalue weighted by atomic mass is 79.9. The molecule has 5 heteroatoms. The first-order valence-electron chi connectivity index (χ1n) is 6.41. The van der Waals surface area contributed by atoms with Gasteiger partial charge in [-0.2, -0.15) is 0 Å². The Hall–Kier alpha value is -1.36. The number of esters is 2. The molecule has 0 bridgehead atoms. The van der Waals surface area contributed by atoms with E-state index in [0.717, 1.165) is 10.0 Å². The maximum Gasteiger partial charge on any atom is 0.303 e. The van der Waals surface area contributed by atoms with Crippen LogP contribution in [0.15, 0.2) is 28.7 Å². The Morgan fingerprint density at radius 3 is 1.95 bits per heavy atom. The van der Waals surface area contributed by atoms with Crippen molar-refractivity contribution in [2.75, 3.05) is 0 Å². The van der Waals surface area contributed by atoms with Crippen molar-refractivity contribution >= 4 is 27.9 Å². The molecule has 0 aliphatic rings. The smallest absolute Gasteiger partial charge is 0.303 e. The Labute approximate surface area is 127 Å². The lowest BCUT2D eigenvalue weighted by Gasteiger charge is -2.28. The number of ether oxygens (including phenoxy) is 2. The third-order valence-electron chi connectivity index (χ3n) is 3.06. The quantitative estimate of drug-likeness (QED) is 0.766. The molecule has 0 aliphatic carbocycles. The first-order chi connectivity index (χ1) is 9.31. The maximum absolute atomic E-state index is 11.3. The zero-order valence-electron chi connectivity index (χ0n) is 12.1. The lowest BCUT2D eigenvalue weighted by atomic mass is 9.93. The van der Waals surface area contributed by atoms with E-state index in [2.05, 4.69) is 15.9 Å². The van der Waals surface area contributed by atoms with E-state index in [1.807, 2.05) is 31.2 Å². The lowest BCUT2D eigenvalue weighted by molar-refractivity contribution is -0.157. The van der Waals surface area contributed by atoms with E-state index < -0.39 is 6.10 Å².